The SMILES string of the molecule is CCOOCCOCCOc1ccc(-c2cccc3c2S(=Nc2ccccc2)C2=C(N)C(=Nc4ccc(CC)cc4)C(OCCOOCC)=C(OCC)C2=N3)cc1. The fourth-order valence-electron chi connectivity index (χ4n) is 5.99. The number of fused-ring (bicyclic) bond motifs is 2. The molecule has 0 fully saturated rings. The summed E-state index contributed by atoms with van der Waals surface area (Å²) in [6.07, 6.45) is 0.910. The molecule has 13 heteroatoms. The Bertz CT molecular complexity index is 2100. The fourth-order valence-corrected chi connectivity index (χ4v) is 8.04. The van der Waals surface area contributed by atoms with Gasteiger partial charge in [0.1, 0.15) is 43.6 Å². The molecule has 4 aromatic carbocycles. The van der Waals surface area contributed by atoms with Gasteiger partial charge in [-0.1, -0.05) is 61.5 Å². The number of nitrogens with zero attached hydrogens (tertiary/aromatic N) is 3. The average molecular weight is 795 g/mol. The third kappa shape index (κ3) is 10.6. The van der Waals surface area contributed by atoms with Crippen molar-refractivity contribution < 1.29 is 38.5 Å². The molecule has 2 aliphatic rings. The molecule has 4 aromatic rings. The average Bonchev–Trinajstić information content (AvgIpc) is 3.24. The molecule has 0 aromatic heterocycles. The Labute approximate surface area is 336 Å². The molecule has 1 aliphatic carbocycles. The first-order chi connectivity index (χ1) is 28.1. The van der Waals surface area contributed by atoms with Crippen LogP contribution in [0.2, 0.25) is 0 Å². The predicted octanol–water partition coefficient (Wildman–Crippen LogP) is 9.05. The molecule has 0 bridgehead atoms. The summed E-state index contributed by atoms with van der Waals surface area (Å²) in [5.41, 5.74) is 14.1. The largest absolute Gasteiger partial charge is 0.491 e. The summed E-state index contributed by atoms with van der Waals surface area (Å²) in [7, 11) is -0.992. The lowest BCUT2D eigenvalue weighted by Gasteiger charge is -2.31. The molecule has 2 N–H and O–H groups in total. The van der Waals surface area contributed by atoms with Crippen LogP contribution in [0.4, 0.5) is 17.1 Å². The molecule has 1 unspecified atom stereocenters. The van der Waals surface area contributed by atoms with Gasteiger partial charge in [0, 0.05) is 0 Å². The van der Waals surface area contributed by atoms with E-state index >= 15 is 0 Å². The van der Waals surface area contributed by atoms with E-state index in [1.807, 2.05) is 99.6 Å². The maximum atomic E-state index is 7.30. The summed E-state index contributed by atoms with van der Waals surface area (Å²) in [6.45, 7) is 11.0. The summed E-state index contributed by atoms with van der Waals surface area (Å²) >= 11 is 0. The van der Waals surface area contributed by atoms with Gasteiger partial charge in [-0.3, -0.25) is 0 Å². The van der Waals surface area contributed by atoms with Crippen LogP contribution in [0.3, 0.4) is 0 Å². The van der Waals surface area contributed by atoms with Gasteiger partial charge in [0.05, 0.1) is 65.6 Å². The molecule has 0 saturated heterocycles. The third-order valence-electron chi connectivity index (χ3n) is 8.58. The Morgan fingerprint density at radius 3 is 2.02 bits per heavy atom. The quantitative estimate of drug-likeness (QED) is 0.0379. The Morgan fingerprint density at radius 1 is 0.614 bits per heavy atom. The van der Waals surface area contributed by atoms with Gasteiger partial charge < -0.3 is 24.7 Å². The van der Waals surface area contributed by atoms with Crippen LogP contribution in [0, 0.1) is 0 Å². The highest BCUT2D eigenvalue weighted by Gasteiger charge is 2.39. The zero-order valence-electron chi connectivity index (χ0n) is 32.9. The van der Waals surface area contributed by atoms with Gasteiger partial charge in [0.15, 0.2) is 11.5 Å². The van der Waals surface area contributed by atoms with Gasteiger partial charge in [-0.15, -0.1) is 0 Å². The van der Waals surface area contributed by atoms with Crippen molar-refractivity contribution in [2.24, 2.45) is 20.1 Å². The summed E-state index contributed by atoms with van der Waals surface area (Å²) < 4.78 is 29.8. The maximum absolute atomic E-state index is 7.30. The maximum Gasteiger partial charge on any atom is 0.191 e. The van der Waals surface area contributed by atoms with E-state index < -0.39 is 10.7 Å². The number of nitrogens with two attached hydrogens (primary N) is 1. The zero-order valence-corrected chi connectivity index (χ0v) is 33.7. The second-order valence-electron chi connectivity index (χ2n) is 12.4. The minimum absolute atomic E-state index is 0.159. The lowest BCUT2D eigenvalue weighted by molar-refractivity contribution is -0.295. The topological polar surface area (TPSA) is 137 Å². The first kappa shape index (κ1) is 41.5. The summed E-state index contributed by atoms with van der Waals surface area (Å²) in [5, 5.41) is 0. The predicted molar refractivity (Wildman–Crippen MR) is 223 cm³/mol. The minimum Gasteiger partial charge on any atom is -0.491 e. The first-order valence-electron chi connectivity index (χ1n) is 19.3. The number of ether oxygens (including phenoxy) is 4. The van der Waals surface area contributed by atoms with E-state index in [2.05, 4.69) is 25.1 Å². The fraction of sp³-hybridized carbons (Fsp3) is 0.318. The highest BCUT2D eigenvalue weighted by Crippen LogP contribution is 2.45. The molecule has 0 amide bonds. The van der Waals surface area contributed by atoms with Crippen LogP contribution in [-0.2, 0) is 50.9 Å². The summed E-state index contributed by atoms with van der Waals surface area (Å²) in [6, 6.07) is 32.0. The van der Waals surface area contributed by atoms with Crippen molar-refractivity contribution in [3.05, 3.63) is 125 Å². The van der Waals surface area contributed by atoms with Crippen molar-refractivity contribution in [2.75, 3.05) is 59.5 Å². The molecule has 1 aliphatic heterocycles. The van der Waals surface area contributed by atoms with Gasteiger partial charge in [0.25, 0.3) is 0 Å². The second-order valence-corrected chi connectivity index (χ2v) is 14.0. The molecule has 57 heavy (non-hydrogen) atoms. The van der Waals surface area contributed by atoms with Crippen molar-refractivity contribution in [1.29, 1.82) is 0 Å². The Kier molecular flexibility index (Phi) is 15.6. The number of aryl methyl sites for hydroxylation is 1. The highest BCUT2D eigenvalue weighted by atomic mass is 32.2. The van der Waals surface area contributed by atoms with Crippen molar-refractivity contribution in [2.45, 2.75) is 39.0 Å². The number of benzene rings is 4. The van der Waals surface area contributed by atoms with E-state index in [0.29, 0.717) is 79.8 Å². The van der Waals surface area contributed by atoms with Crippen LogP contribution >= 0.6 is 0 Å². The Morgan fingerprint density at radius 2 is 1.32 bits per heavy atom. The smallest absolute Gasteiger partial charge is 0.191 e. The third-order valence-corrected chi connectivity index (χ3v) is 10.6. The van der Waals surface area contributed by atoms with E-state index in [-0.39, 0.29) is 13.2 Å². The number of hydrogen-bond acceptors (Lipinski definition) is 12. The standard InChI is InChI=1S/C44H50N4O8S/c1-5-31-17-21-33(22-18-31)46-39-38(45)44-40(42(50-6-2)41(39)52-28-30-56-54-8-4)47-37-16-12-15-36(43(37)57(44)48-34-13-10-9-11-14-34)32-19-23-35(24-20-32)51-27-25-49-26-29-55-53-7-3/h9-24H,5-8,25-30,45H2,1-4H3. The van der Waals surface area contributed by atoms with E-state index in [1.165, 1.54) is 5.56 Å². The zero-order chi connectivity index (χ0) is 39.8. The number of aliphatic imine (C=N–C) groups is 2. The minimum atomic E-state index is -0.992. The highest BCUT2D eigenvalue weighted by molar-refractivity contribution is 7.93. The Hall–Kier alpha value is -5.15. The van der Waals surface area contributed by atoms with Crippen molar-refractivity contribution in [1.82, 2.24) is 0 Å². The lowest BCUT2D eigenvalue weighted by Crippen LogP contribution is -2.33. The summed E-state index contributed by atoms with van der Waals surface area (Å²) in [4.78, 5) is 32.2. The number of hydrogen-bond donors (Lipinski definition) is 1. The van der Waals surface area contributed by atoms with Crippen LogP contribution in [0.1, 0.15) is 33.3 Å². The summed E-state index contributed by atoms with van der Waals surface area (Å²) in [5.74, 6) is 1.54. The number of rotatable bonds is 21. The van der Waals surface area contributed by atoms with Crippen molar-refractivity contribution in [3.63, 3.8) is 0 Å². The number of allylic oxidation sites excluding steroid dienone is 1. The van der Waals surface area contributed by atoms with Gasteiger partial charge in [0.2, 0.25) is 0 Å². The van der Waals surface area contributed by atoms with E-state index in [9.17, 15) is 0 Å². The van der Waals surface area contributed by atoms with E-state index in [0.717, 1.165) is 45.3 Å². The van der Waals surface area contributed by atoms with Gasteiger partial charge in [-0.2, -0.15) is 0 Å². The Balaban J connectivity index is 1.44. The normalized spacial score (nSPS) is 15.8. The van der Waals surface area contributed by atoms with Crippen LogP contribution in [0.25, 0.3) is 11.1 Å². The molecule has 12 nitrogen and oxygen atoms in total. The van der Waals surface area contributed by atoms with Gasteiger partial charge >= 0.3 is 0 Å². The van der Waals surface area contributed by atoms with Gasteiger partial charge in [-0.05, 0) is 97.0 Å². The van der Waals surface area contributed by atoms with Crippen molar-refractivity contribution in [3.8, 4) is 16.9 Å². The molecule has 1 heterocycles. The molecular formula is C44H50N4O8S. The van der Waals surface area contributed by atoms with E-state index in [1.54, 1.807) is 0 Å². The molecule has 0 radical (unpaired) electrons. The van der Waals surface area contributed by atoms with E-state index in [4.69, 9.17) is 58.6 Å². The molecule has 0 saturated carbocycles. The van der Waals surface area contributed by atoms with Gasteiger partial charge in [-0.25, -0.2) is 33.9 Å². The van der Waals surface area contributed by atoms with Crippen LogP contribution in [0.15, 0.2) is 138 Å². The van der Waals surface area contributed by atoms with Crippen molar-refractivity contribution >= 4 is 39.2 Å². The monoisotopic (exact) mass is 794 g/mol. The molecule has 0 spiro atoms. The molecular weight excluding hydrogens is 745 g/mol. The lowest BCUT2D eigenvalue weighted by atomic mass is 10.0. The van der Waals surface area contributed by atoms with Crippen LogP contribution in [0.5, 0.6) is 5.75 Å². The second kappa shape index (κ2) is 21.4. The van der Waals surface area contributed by atoms with Crippen LogP contribution in [-0.4, -0.2) is 70.9 Å². The molecule has 300 valence electrons. The van der Waals surface area contributed by atoms with Crippen LogP contribution < -0.4 is 10.5 Å². The molecule has 6 rings (SSSR count). The molecule has 1 atom stereocenters. The first-order valence-corrected chi connectivity index (χ1v) is 20.5.